The molecule has 1 heterocycles. The normalized spacial score (nSPS) is 17.7. The van der Waals surface area contributed by atoms with Gasteiger partial charge in [0.2, 0.25) is 5.91 Å². The lowest BCUT2D eigenvalue weighted by Gasteiger charge is -2.37. The molecule has 3 aromatic carbocycles. The van der Waals surface area contributed by atoms with Crippen molar-refractivity contribution in [3.63, 3.8) is 0 Å². The van der Waals surface area contributed by atoms with Gasteiger partial charge < -0.3 is 19.7 Å². The van der Waals surface area contributed by atoms with Gasteiger partial charge in [-0.25, -0.2) is 4.39 Å². The zero-order valence-corrected chi connectivity index (χ0v) is 19.2. The summed E-state index contributed by atoms with van der Waals surface area (Å²) >= 11 is 0. The number of nitrogens with one attached hydrogen (secondary N) is 1. The predicted octanol–water partition coefficient (Wildman–Crippen LogP) is 4.73. The fraction of sp³-hybridized carbons (Fsp3) is 0.259. The van der Waals surface area contributed by atoms with Crippen LogP contribution in [0.4, 0.5) is 10.1 Å². The Labute approximate surface area is 198 Å². The van der Waals surface area contributed by atoms with Gasteiger partial charge >= 0.3 is 0 Å². The van der Waals surface area contributed by atoms with Gasteiger partial charge in [-0.15, -0.1) is 0 Å². The van der Waals surface area contributed by atoms with E-state index in [9.17, 15) is 14.0 Å². The quantitative estimate of drug-likeness (QED) is 0.575. The molecule has 0 bridgehead atoms. The molecule has 176 valence electrons. The SMILES string of the molecule is COc1ccc(NC(=O)C2CC(c3ccccc3)CN(C(=O)c3ccccc3F)C2)c(OC)c1. The number of nitrogens with zero attached hydrogens (tertiary/aromatic N) is 1. The third-order valence-electron chi connectivity index (χ3n) is 6.15. The molecule has 6 nitrogen and oxygen atoms in total. The minimum Gasteiger partial charge on any atom is -0.497 e. The topological polar surface area (TPSA) is 67.9 Å². The van der Waals surface area contributed by atoms with Crippen molar-refractivity contribution in [1.29, 1.82) is 0 Å². The number of carbonyl (C=O) groups excluding carboxylic acids is 2. The van der Waals surface area contributed by atoms with Gasteiger partial charge in [0.25, 0.3) is 5.91 Å². The third-order valence-corrected chi connectivity index (χ3v) is 6.15. The molecule has 1 N–H and O–H groups in total. The Bertz CT molecular complexity index is 1170. The third kappa shape index (κ3) is 5.03. The van der Waals surface area contributed by atoms with Gasteiger partial charge in [-0.1, -0.05) is 42.5 Å². The van der Waals surface area contributed by atoms with Crippen LogP contribution in [0.3, 0.4) is 0 Å². The summed E-state index contributed by atoms with van der Waals surface area (Å²) in [4.78, 5) is 28.1. The molecule has 2 unspecified atom stereocenters. The summed E-state index contributed by atoms with van der Waals surface area (Å²) in [5.74, 6) is -0.673. The Kier molecular flexibility index (Phi) is 7.11. The van der Waals surface area contributed by atoms with Crippen LogP contribution in [-0.2, 0) is 4.79 Å². The Hall–Kier alpha value is -3.87. The molecule has 2 atom stereocenters. The molecule has 1 aliphatic rings. The number of likely N-dealkylation sites (tertiary alicyclic amines) is 1. The summed E-state index contributed by atoms with van der Waals surface area (Å²) in [5, 5.41) is 2.93. The van der Waals surface area contributed by atoms with E-state index in [1.807, 2.05) is 30.3 Å². The van der Waals surface area contributed by atoms with E-state index in [4.69, 9.17) is 9.47 Å². The number of rotatable bonds is 6. The lowest BCUT2D eigenvalue weighted by Crippen LogP contribution is -2.46. The molecule has 0 saturated carbocycles. The minimum absolute atomic E-state index is 0.00666. The first-order chi connectivity index (χ1) is 16.5. The molecule has 0 spiro atoms. The van der Waals surface area contributed by atoms with Crippen LogP contribution in [-0.4, -0.2) is 44.0 Å². The van der Waals surface area contributed by atoms with Crippen LogP contribution in [0.1, 0.15) is 28.3 Å². The summed E-state index contributed by atoms with van der Waals surface area (Å²) in [6.07, 6.45) is 0.565. The molecule has 1 aliphatic heterocycles. The second-order valence-electron chi connectivity index (χ2n) is 8.29. The van der Waals surface area contributed by atoms with Crippen LogP contribution in [0.5, 0.6) is 11.5 Å². The van der Waals surface area contributed by atoms with Gasteiger partial charge in [-0.3, -0.25) is 9.59 Å². The van der Waals surface area contributed by atoms with E-state index in [0.29, 0.717) is 30.2 Å². The summed E-state index contributed by atoms with van der Waals surface area (Å²) in [7, 11) is 3.07. The van der Waals surface area contributed by atoms with E-state index < -0.39 is 17.6 Å². The van der Waals surface area contributed by atoms with Crippen molar-refractivity contribution >= 4 is 17.5 Å². The van der Waals surface area contributed by atoms with Crippen LogP contribution in [0, 0.1) is 11.7 Å². The summed E-state index contributed by atoms with van der Waals surface area (Å²) < 4.78 is 25.0. The maximum atomic E-state index is 14.4. The number of hydrogen-bond donors (Lipinski definition) is 1. The molecule has 1 fully saturated rings. The van der Waals surface area contributed by atoms with Crippen LogP contribution in [0.25, 0.3) is 0 Å². The largest absolute Gasteiger partial charge is 0.497 e. The number of benzene rings is 3. The second-order valence-corrected chi connectivity index (χ2v) is 8.29. The van der Waals surface area contributed by atoms with Crippen LogP contribution < -0.4 is 14.8 Å². The molecule has 1 saturated heterocycles. The van der Waals surface area contributed by atoms with Crippen molar-refractivity contribution in [3.05, 3.63) is 89.7 Å². The molecular weight excluding hydrogens is 435 g/mol. The smallest absolute Gasteiger partial charge is 0.256 e. The van der Waals surface area contributed by atoms with Gasteiger partial charge in [-0.2, -0.15) is 0 Å². The number of hydrogen-bond acceptors (Lipinski definition) is 4. The number of ether oxygens (including phenoxy) is 2. The fourth-order valence-corrected chi connectivity index (χ4v) is 4.36. The van der Waals surface area contributed by atoms with Gasteiger partial charge in [0.05, 0.1) is 31.4 Å². The first-order valence-corrected chi connectivity index (χ1v) is 11.1. The van der Waals surface area contributed by atoms with Crippen molar-refractivity contribution in [3.8, 4) is 11.5 Å². The van der Waals surface area contributed by atoms with Gasteiger partial charge in [0.15, 0.2) is 0 Å². The van der Waals surface area contributed by atoms with E-state index in [1.54, 1.807) is 42.3 Å². The summed E-state index contributed by atoms with van der Waals surface area (Å²) in [6.45, 7) is 0.605. The standard InChI is InChI=1S/C27H27FN2O4/c1-33-21-12-13-24(25(15-21)34-2)29-26(31)20-14-19(18-8-4-3-5-9-18)16-30(17-20)27(32)22-10-6-7-11-23(22)28/h3-13,15,19-20H,14,16-17H2,1-2H3,(H,29,31). The summed E-state index contributed by atoms with van der Waals surface area (Å²) in [5.41, 5.74) is 1.56. The van der Waals surface area contributed by atoms with E-state index in [1.165, 1.54) is 19.2 Å². The Morgan fingerprint density at radius 1 is 0.941 bits per heavy atom. The number of methoxy groups -OCH3 is 2. The molecule has 0 radical (unpaired) electrons. The molecule has 2 amide bonds. The average molecular weight is 463 g/mol. The Morgan fingerprint density at radius 3 is 2.38 bits per heavy atom. The molecule has 3 aromatic rings. The van der Waals surface area contributed by atoms with Gasteiger partial charge in [-0.05, 0) is 36.2 Å². The van der Waals surface area contributed by atoms with Crippen LogP contribution in [0.2, 0.25) is 0 Å². The van der Waals surface area contributed by atoms with Crippen LogP contribution >= 0.6 is 0 Å². The lowest BCUT2D eigenvalue weighted by molar-refractivity contribution is -0.121. The zero-order chi connectivity index (χ0) is 24.1. The van der Waals surface area contributed by atoms with E-state index in [0.717, 1.165) is 5.56 Å². The molecule has 0 aliphatic carbocycles. The van der Waals surface area contributed by atoms with Crippen LogP contribution in [0.15, 0.2) is 72.8 Å². The van der Waals surface area contributed by atoms with Gasteiger partial charge in [0.1, 0.15) is 17.3 Å². The Morgan fingerprint density at radius 2 is 1.68 bits per heavy atom. The second kappa shape index (κ2) is 10.4. The van der Waals surface area contributed by atoms with Crippen molar-refractivity contribution < 1.29 is 23.5 Å². The maximum Gasteiger partial charge on any atom is 0.256 e. The lowest BCUT2D eigenvalue weighted by atomic mass is 9.83. The molecule has 4 rings (SSSR count). The first-order valence-electron chi connectivity index (χ1n) is 11.1. The highest BCUT2D eigenvalue weighted by molar-refractivity contribution is 5.97. The van der Waals surface area contributed by atoms with Crippen molar-refractivity contribution in [2.75, 3.05) is 32.6 Å². The van der Waals surface area contributed by atoms with E-state index >= 15 is 0 Å². The first kappa shape index (κ1) is 23.3. The highest BCUT2D eigenvalue weighted by Crippen LogP contribution is 2.34. The van der Waals surface area contributed by atoms with Crippen molar-refractivity contribution in [2.45, 2.75) is 12.3 Å². The zero-order valence-electron chi connectivity index (χ0n) is 19.2. The molecular formula is C27H27FN2O4. The highest BCUT2D eigenvalue weighted by Gasteiger charge is 2.35. The molecule has 34 heavy (non-hydrogen) atoms. The van der Waals surface area contributed by atoms with Crippen molar-refractivity contribution in [1.82, 2.24) is 4.90 Å². The highest BCUT2D eigenvalue weighted by atomic mass is 19.1. The molecule has 7 heteroatoms. The molecule has 0 aromatic heterocycles. The summed E-state index contributed by atoms with van der Waals surface area (Å²) in [6, 6.07) is 20.8. The fourth-order valence-electron chi connectivity index (χ4n) is 4.36. The number of carbonyl (C=O) groups is 2. The predicted molar refractivity (Wildman–Crippen MR) is 128 cm³/mol. The maximum absolute atomic E-state index is 14.4. The van der Waals surface area contributed by atoms with Gasteiger partial charge in [0, 0.05) is 25.1 Å². The number of halogens is 1. The number of amides is 2. The monoisotopic (exact) mass is 462 g/mol. The number of piperidine rings is 1. The van der Waals surface area contributed by atoms with Crippen molar-refractivity contribution in [2.24, 2.45) is 5.92 Å². The minimum atomic E-state index is -0.571. The van der Waals surface area contributed by atoms with E-state index in [2.05, 4.69) is 5.32 Å². The number of anilines is 1. The van der Waals surface area contributed by atoms with E-state index in [-0.39, 0.29) is 23.9 Å². The Balaban J connectivity index is 1.60. The average Bonchev–Trinajstić information content (AvgIpc) is 2.89.